The van der Waals surface area contributed by atoms with Crippen molar-refractivity contribution in [3.05, 3.63) is 16.1 Å². The highest BCUT2D eigenvalue weighted by atomic mass is 35.5. The summed E-state index contributed by atoms with van der Waals surface area (Å²) in [4.78, 5) is 4.42. The van der Waals surface area contributed by atoms with Crippen LogP contribution in [0.25, 0.3) is 0 Å². The summed E-state index contributed by atoms with van der Waals surface area (Å²) in [7, 11) is 0. The SMILES string of the molecule is CCNc1nc(NC2CCOC2C)c(Cl)cc1Cl. The number of nitrogens with zero attached hydrogens (tertiary/aromatic N) is 1. The minimum atomic E-state index is 0.168. The molecule has 6 heteroatoms. The molecule has 0 bridgehead atoms. The van der Waals surface area contributed by atoms with E-state index in [1.165, 1.54) is 0 Å². The summed E-state index contributed by atoms with van der Waals surface area (Å²) in [5.74, 6) is 1.30. The van der Waals surface area contributed by atoms with Crippen LogP contribution < -0.4 is 10.6 Å². The van der Waals surface area contributed by atoms with Crippen LogP contribution in [0.2, 0.25) is 10.0 Å². The number of aromatic nitrogens is 1. The molecule has 2 N–H and O–H groups in total. The van der Waals surface area contributed by atoms with Crippen molar-refractivity contribution in [2.24, 2.45) is 0 Å². The summed E-state index contributed by atoms with van der Waals surface area (Å²) in [6, 6.07) is 1.95. The molecule has 1 aromatic rings. The number of rotatable bonds is 4. The van der Waals surface area contributed by atoms with Gasteiger partial charge in [-0.05, 0) is 26.3 Å². The maximum atomic E-state index is 6.15. The van der Waals surface area contributed by atoms with Crippen molar-refractivity contribution in [3.63, 3.8) is 0 Å². The van der Waals surface area contributed by atoms with Crippen LogP contribution in [0.3, 0.4) is 0 Å². The molecule has 1 aromatic heterocycles. The third-order valence-electron chi connectivity index (χ3n) is 2.97. The number of anilines is 2. The minimum absolute atomic E-state index is 0.168. The fourth-order valence-corrected chi connectivity index (χ4v) is 2.44. The maximum absolute atomic E-state index is 6.15. The Labute approximate surface area is 117 Å². The topological polar surface area (TPSA) is 46.2 Å². The molecule has 1 saturated heterocycles. The molecule has 1 aliphatic rings. The Bertz CT molecular complexity index is 428. The molecule has 4 nitrogen and oxygen atoms in total. The van der Waals surface area contributed by atoms with E-state index in [0.717, 1.165) is 19.6 Å². The zero-order valence-corrected chi connectivity index (χ0v) is 12.0. The van der Waals surface area contributed by atoms with Gasteiger partial charge in [-0.2, -0.15) is 0 Å². The molecule has 0 saturated carbocycles. The molecular weight excluding hydrogens is 273 g/mol. The van der Waals surface area contributed by atoms with Gasteiger partial charge in [0.25, 0.3) is 0 Å². The molecule has 0 aliphatic carbocycles. The van der Waals surface area contributed by atoms with Gasteiger partial charge in [-0.25, -0.2) is 4.98 Å². The van der Waals surface area contributed by atoms with E-state index >= 15 is 0 Å². The summed E-state index contributed by atoms with van der Waals surface area (Å²) in [5, 5.41) is 7.48. The molecule has 0 aromatic carbocycles. The Kier molecular flexibility index (Phi) is 4.54. The summed E-state index contributed by atoms with van der Waals surface area (Å²) in [6.07, 6.45) is 1.12. The van der Waals surface area contributed by atoms with Gasteiger partial charge in [0.15, 0.2) is 0 Å². The van der Waals surface area contributed by atoms with E-state index in [9.17, 15) is 0 Å². The summed E-state index contributed by atoms with van der Waals surface area (Å²) < 4.78 is 5.50. The highest BCUT2D eigenvalue weighted by Gasteiger charge is 2.25. The predicted octanol–water partition coefficient (Wildman–Crippen LogP) is 3.41. The lowest BCUT2D eigenvalue weighted by Crippen LogP contribution is -2.27. The lowest BCUT2D eigenvalue weighted by molar-refractivity contribution is 0.121. The average Bonchev–Trinajstić information content (AvgIpc) is 2.71. The van der Waals surface area contributed by atoms with Gasteiger partial charge in [0.2, 0.25) is 0 Å². The first-order valence-electron chi connectivity index (χ1n) is 6.10. The number of halogens is 2. The number of hydrogen-bond donors (Lipinski definition) is 2. The van der Waals surface area contributed by atoms with Gasteiger partial charge in [0.1, 0.15) is 11.6 Å². The second-order valence-electron chi connectivity index (χ2n) is 4.29. The van der Waals surface area contributed by atoms with Gasteiger partial charge in [-0.1, -0.05) is 23.2 Å². The van der Waals surface area contributed by atoms with E-state index in [-0.39, 0.29) is 12.1 Å². The smallest absolute Gasteiger partial charge is 0.147 e. The molecule has 0 amide bonds. The van der Waals surface area contributed by atoms with E-state index < -0.39 is 0 Å². The van der Waals surface area contributed by atoms with Crippen molar-refractivity contribution in [2.75, 3.05) is 23.8 Å². The molecular formula is C12H17Cl2N3O. The first-order valence-corrected chi connectivity index (χ1v) is 6.85. The minimum Gasteiger partial charge on any atom is -0.376 e. The second-order valence-corrected chi connectivity index (χ2v) is 5.11. The average molecular weight is 290 g/mol. The number of pyridine rings is 1. The zero-order valence-electron chi connectivity index (χ0n) is 10.5. The van der Waals surface area contributed by atoms with Crippen LogP contribution in [0.1, 0.15) is 20.3 Å². The highest BCUT2D eigenvalue weighted by molar-refractivity contribution is 6.37. The van der Waals surface area contributed by atoms with Crippen molar-refractivity contribution < 1.29 is 4.74 Å². The normalized spacial score (nSPS) is 23.1. The molecule has 18 heavy (non-hydrogen) atoms. The fraction of sp³-hybridized carbons (Fsp3) is 0.583. The Morgan fingerprint density at radius 3 is 2.72 bits per heavy atom. The second kappa shape index (κ2) is 5.95. The largest absolute Gasteiger partial charge is 0.376 e. The van der Waals surface area contributed by atoms with E-state index in [1.54, 1.807) is 6.07 Å². The van der Waals surface area contributed by atoms with Crippen LogP contribution in [0.5, 0.6) is 0 Å². The standard InChI is InChI=1S/C12H17Cl2N3O/c1-3-15-11-8(13)6-9(14)12(17-11)16-10-4-5-18-7(10)2/h6-7,10H,3-5H2,1-2H3,(H2,15,16,17). The van der Waals surface area contributed by atoms with Crippen LogP contribution in [0.15, 0.2) is 6.07 Å². The quantitative estimate of drug-likeness (QED) is 0.892. The number of ether oxygens (including phenoxy) is 1. The van der Waals surface area contributed by atoms with Gasteiger partial charge >= 0.3 is 0 Å². The van der Waals surface area contributed by atoms with Crippen LogP contribution in [0, 0.1) is 0 Å². The third kappa shape index (κ3) is 2.99. The molecule has 2 rings (SSSR count). The first kappa shape index (κ1) is 13.7. The molecule has 1 aliphatic heterocycles. The predicted molar refractivity (Wildman–Crippen MR) is 75.9 cm³/mol. The summed E-state index contributed by atoms with van der Waals surface area (Å²) >= 11 is 12.2. The Balaban J connectivity index is 2.18. The van der Waals surface area contributed by atoms with Gasteiger partial charge in [0.05, 0.1) is 22.2 Å². The van der Waals surface area contributed by atoms with E-state index in [1.807, 2.05) is 13.8 Å². The molecule has 100 valence electrons. The van der Waals surface area contributed by atoms with Crippen molar-refractivity contribution in [1.82, 2.24) is 4.98 Å². The van der Waals surface area contributed by atoms with Gasteiger partial charge < -0.3 is 15.4 Å². The Morgan fingerprint density at radius 1 is 1.39 bits per heavy atom. The van der Waals surface area contributed by atoms with E-state index in [0.29, 0.717) is 21.7 Å². The Hall–Kier alpha value is -0.710. The highest BCUT2D eigenvalue weighted by Crippen LogP contribution is 2.30. The van der Waals surface area contributed by atoms with Gasteiger partial charge in [0, 0.05) is 13.2 Å². The third-order valence-corrected chi connectivity index (χ3v) is 3.55. The zero-order chi connectivity index (χ0) is 13.1. The first-order chi connectivity index (χ1) is 8.61. The molecule has 2 heterocycles. The lowest BCUT2D eigenvalue weighted by atomic mass is 10.1. The molecule has 2 atom stereocenters. The summed E-state index contributed by atoms with van der Waals surface area (Å²) in [6.45, 7) is 5.56. The molecule has 1 fully saturated rings. The van der Waals surface area contributed by atoms with Crippen molar-refractivity contribution >= 4 is 34.8 Å². The van der Waals surface area contributed by atoms with Gasteiger partial charge in [-0.3, -0.25) is 0 Å². The van der Waals surface area contributed by atoms with Crippen molar-refractivity contribution in [2.45, 2.75) is 32.4 Å². The summed E-state index contributed by atoms with van der Waals surface area (Å²) in [5.41, 5.74) is 0. The molecule has 2 unspecified atom stereocenters. The maximum Gasteiger partial charge on any atom is 0.147 e. The molecule has 0 spiro atoms. The van der Waals surface area contributed by atoms with Crippen molar-refractivity contribution in [3.8, 4) is 0 Å². The van der Waals surface area contributed by atoms with Gasteiger partial charge in [-0.15, -0.1) is 0 Å². The lowest BCUT2D eigenvalue weighted by Gasteiger charge is -2.18. The number of nitrogens with one attached hydrogen (secondary N) is 2. The Morgan fingerprint density at radius 2 is 2.11 bits per heavy atom. The van der Waals surface area contributed by atoms with E-state index in [4.69, 9.17) is 27.9 Å². The number of hydrogen-bond acceptors (Lipinski definition) is 4. The van der Waals surface area contributed by atoms with Crippen LogP contribution in [0.4, 0.5) is 11.6 Å². The van der Waals surface area contributed by atoms with E-state index in [2.05, 4.69) is 15.6 Å². The van der Waals surface area contributed by atoms with Crippen molar-refractivity contribution in [1.29, 1.82) is 0 Å². The van der Waals surface area contributed by atoms with Crippen LogP contribution >= 0.6 is 23.2 Å². The van der Waals surface area contributed by atoms with Crippen LogP contribution in [-0.4, -0.2) is 30.3 Å². The molecule has 0 radical (unpaired) electrons. The fourth-order valence-electron chi connectivity index (χ4n) is 1.96. The monoisotopic (exact) mass is 289 g/mol. The van der Waals surface area contributed by atoms with Crippen LogP contribution in [-0.2, 0) is 4.74 Å².